The molecular weight excluding hydrogens is 402 g/mol. The Morgan fingerprint density at radius 3 is 2.46 bits per heavy atom. The zero-order valence-electron chi connectivity index (χ0n) is 15.9. The van der Waals surface area contributed by atoms with Crippen molar-refractivity contribution in [2.24, 2.45) is 0 Å². The molecule has 0 spiro atoms. The van der Waals surface area contributed by atoms with Crippen LogP contribution in [0.4, 0.5) is 0 Å². The smallest absolute Gasteiger partial charge is 0.193 e. The minimum absolute atomic E-state index is 0.0253. The molecule has 3 aromatic rings. The minimum atomic E-state index is -1.92. The van der Waals surface area contributed by atoms with Crippen LogP contribution in [0.5, 0.6) is 0 Å². The molecule has 1 unspecified atom stereocenters. The van der Waals surface area contributed by atoms with Crippen molar-refractivity contribution in [2.75, 3.05) is 0 Å². The lowest BCUT2D eigenvalue weighted by Crippen LogP contribution is -2.41. The summed E-state index contributed by atoms with van der Waals surface area (Å²) in [7, 11) is -1.92. The molecule has 4 heteroatoms. The zero-order chi connectivity index (χ0) is 18.7. The number of pyridine rings is 1. The summed E-state index contributed by atoms with van der Waals surface area (Å²) >= 11 is 3.56. The number of hydrogen-bond acceptors (Lipinski definition) is 2. The minimum Gasteiger partial charge on any atom is -0.406 e. The van der Waals surface area contributed by atoms with E-state index in [-0.39, 0.29) is 11.1 Å². The second kappa shape index (κ2) is 6.01. The van der Waals surface area contributed by atoms with Gasteiger partial charge in [0.05, 0.1) is 17.3 Å². The van der Waals surface area contributed by atoms with Gasteiger partial charge in [-0.3, -0.25) is 0 Å². The van der Waals surface area contributed by atoms with E-state index in [1.807, 2.05) is 0 Å². The summed E-state index contributed by atoms with van der Waals surface area (Å²) in [4.78, 5) is 5.01. The van der Waals surface area contributed by atoms with Gasteiger partial charge in [-0.05, 0) is 41.9 Å². The fraction of sp³-hybridized carbons (Fsp3) is 0.318. The van der Waals surface area contributed by atoms with Crippen LogP contribution in [0.2, 0.25) is 18.1 Å². The third-order valence-corrected chi connectivity index (χ3v) is 10.7. The molecule has 1 aliphatic rings. The van der Waals surface area contributed by atoms with Crippen molar-refractivity contribution in [3.63, 3.8) is 0 Å². The van der Waals surface area contributed by atoms with E-state index in [2.05, 4.69) is 98.3 Å². The van der Waals surface area contributed by atoms with Crippen LogP contribution < -0.4 is 0 Å². The topological polar surface area (TPSA) is 22.1 Å². The summed E-state index contributed by atoms with van der Waals surface area (Å²) in [5.41, 5.74) is 5.73. The first-order chi connectivity index (χ1) is 12.2. The van der Waals surface area contributed by atoms with Gasteiger partial charge in [0.15, 0.2) is 8.32 Å². The fourth-order valence-corrected chi connectivity index (χ4v) is 4.83. The van der Waals surface area contributed by atoms with E-state index in [0.29, 0.717) is 0 Å². The van der Waals surface area contributed by atoms with Crippen LogP contribution in [-0.4, -0.2) is 13.3 Å². The van der Waals surface area contributed by atoms with Crippen LogP contribution in [0.25, 0.3) is 22.2 Å². The highest BCUT2D eigenvalue weighted by atomic mass is 79.9. The lowest BCUT2D eigenvalue weighted by atomic mass is 10.1. The fourth-order valence-electron chi connectivity index (χ4n) is 3.28. The van der Waals surface area contributed by atoms with Gasteiger partial charge >= 0.3 is 0 Å². The Kier molecular flexibility index (Phi) is 4.14. The van der Waals surface area contributed by atoms with Crippen molar-refractivity contribution in [3.8, 4) is 11.3 Å². The maximum atomic E-state index is 6.88. The Morgan fingerprint density at radius 2 is 1.73 bits per heavy atom. The largest absolute Gasteiger partial charge is 0.406 e. The van der Waals surface area contributed by atoms with Crippen LogP contribution in [0.15, 0.2) is 53.0 Å². The lowest BCUT2D eigenvalue weighted by molar-refractivity contribution is 0.226. The molecule has 1 aromatic heterocycles. The number of nitrogens with zero attached hydrogens (tertiary/aromatic N) is 1. The molecule has 2 nitrogen and oxygen atoms in total. The molecule has 0 N–H and O–H groups in total. The third kappa shape index (κ3) is 2.84. The van der Waals surface area contributed by atoms with E-state index in [1.54, 1.807) is 0 Å². The first-order valence-electron chi connectivity index (χ1n) is 9.05. The van der Waals surface area contributed by atoms with Crippen LogP contribution in [0.3, 0.4) is 0 Å². The van der Waals surface area contributed by atoms with Gasteiger partial charge in [-0.1, -0.05) is 67.0 Å². The highest BCUT2D eigenvalue weighted by molar-refractivity contribution is 9.10. The maximum Gasteiger partial charge on any atom is 0.193 e. The van der Waals surface area contributed by atoms with Crippen molar-refractivity contribution in [1.29, 1.82) is 0 Å². The van der Waals surface area contributed by atoms with Crippen LogP contribution in [-0.2, 0) is 4.43 Å². The maximum absolute atomic E-state index is 6.88. The molecule has 1 aliphatic carbocycles. The molecular formula is C22H24BrNOSi. The molecule has 0 bridgehead atoms. The summed E-state index contributed by atoms with van der Waals surface area (Å²) in [6.07, 6.45) is -0.0253. The number of fused-ring (bicyclic) bond motifs is 4. The van der Waals surface area contributed by atoms with Gasteiger partial charge in [0.1, 0.15) is 0 Å². The van der Waals surface area contributed by atoms with Crippen molar-refractivity contribution in [2.45, 2.75) is 45.0 Å². The summed E-state index contributed by atoms with van der Waals surface area (Å²) in [6, 6.07) is 17.1. The molecule has 1 heterocycles. The highest BCUT2D eigenvalue weighted by Crippen LogP contribution is 2.49. The molecule has 0 amide bonds. The summed E-state index contributed by atoms with van der Waals surface area (Å²) in [5, 5.41) is 1.32. The van der Waals surface area contributed by atoms with Gasteiger partial charge in [0.25, 0.3) is 0 Å². The lowest BCUT2D eigenvalue weighted by Gasteiger charge is -2.38. The number of rotatable bonds is 2. The van der Waals surface area contributed by atoms with Crippen molar-refractivity contribution < 1.29 is 4.43 Å². The molecule has 134 valence electrons. The number of aromatic nitrogens is 1. The quantitative estimate of drug-likeness (QED) is 0.408. The van der Waals surface area contributed by atoms with Crippen LogP contribution in [0, 0.1) is 0 Å². The van der Waals surface area contributed by atoms with E-state index >= 15 is 0 Å². The molecule has 2 aromatic carbocycles. The second-order valence-corrected chi connectivity index (χ2v) is 14.3. The highest BCUT2D eigenvalue weighted by Gasteiger charge is 2.42. The summed E-state index contributed by atoms with van der Waals surface area (Å²) in [6.45, 7) is 11.5. The molecule has 1 atom stereocenters. The third-order valence-electron chi connectivity index (χ3n) is 5.81. The molecule has 0 saturated carbocycles. The Balaban J connectivity index is 1.91. The molecule has 4 rings (SSSR count). The van der Waals surface area contributed by atoms with E-state index < -0.39 is 8.32 Å². The first-order valence-corrected chi connectivity index (χ1v) is 12.7. The van der Waals surface area contributed by atoms with E-state index in [0.717, 1.165) is 21.1 Å². The van der Waals surface area contributed by atoms with Crippen LogP contribution in [0.1, 0.15) is 38.0 Å². The van der Waals surface area contributed by atoms with E-state index in [4.69, 9.17) is 9.41 Å². The molecule has 0 fully saturated rings. The first kappa shape index (κ1) is 17.9. The van der Waals surface area contributed by atoms with Gasteiger partial charge in [-0.25, -0.2) is 4.98 Å². The summed E-state index contributed by atoms with van der Waals surface area (Å²) < 4.78 is 7.93. The van der Waals surface area contributed by atoms with Gasteiger partial charge in [0.2, 0.25) is 0 Å². The Labute approximate surface area is 164 Å². The molecule has 0 saturated heterocycles. The Bertz CT molecular complexity index is 1010. The molecule has 26 heavy (non-hydrogen) atoms. The molecule has 0 aliphatic heterocycles. The number of hydrogen-bond donors (Lipinski definition) is 0. The average molecular weight is 426 g/mol. The predicted molar refractivity (Wildman–Crippen MR) is 115 cm³/mol. The zero-order valence-corrected chi connectivity index (χ0v) is 18.5. The van der Waals surface area contributed by atoms with Crippen molar-refractivity contribution >= 4 is 35.2 Å². The van der Waals surface area contributed by atoms with Crippen LogP contribution >= 0.6 is 15.9 Å². The van der Waals surface area contributed by atoms with Crippen molar-refractivity contribution in [3.05, 3.63) is 64.1 Å². The second-order valence-electron chi connectivity index (χ2n) is 8.61. The SMILES string of the molecule is CC(C)(C)[Si](C)(C)OC1c2ccccc2-c2nc3cc(Br)ccc3cc21. The predicted octanol–water partition coefficient (Wildman–Crippen LogP) is 7.09. The normalized spacial score (nSPS) is 16.6. The van der Waals surface area contributed by atoms with Gasteiger partial charge in [-0.2, -0.15) is 0 Å². The average Bonchev–Trinajstić information content (AvgIpc) is 2.85. The van der Waals surface area contributed by atoms with Gasteiger partial charge in [-0.15, -0.1) is 0 Å². The number of halogens is 1. The Morgan fingerprint density at radius 1 is 1.00 bits per heavy atom. The number of benzene rings is 2. The van der Waals surface area contributed by atoms with E-state index in [1.165, 1.54) is 16.7 Å². The van der Waals surface area contributed by atoms with Gasteiger partial charge < -0.3 is 4.43 Å². The van der Waals surface area contributed by atoms with Crippen molar-refractivity contribution in [1.82, 2.24) is 4.98 Å². The Hall–Kier alpha value is -1.49. The standard InChI is InChI=1S/C22H24BrNOSi/c1-22(2,3)26(4,5)25-21-17-9-7-6-8-16(17)20-18(21)12-14-10-11-15(23)13-19(14)24-20/h6-13,21H,1-5H3. The van der Waals surface area contributed by atoms with E-state index in [9.17, 15) is 0 Å². The summed E-state index contributed by atoms with van der Waals surface area (Å²) in [5.74, 6) is 0. The molecule has 0 radical (unpaired) electrons. The van der Waals surface area contributed by atoms with Gasteiger partial charge in [0, 0.05) is 21.0 Å². The monoisotopic (exact) mass is 425 g/mol.